The van der Waals surface area contributed by atoms with Gasteiger partial charge in [0.05, 0.1) is 16.9 Å². The highest BCUT2D eigenvalue weighted by Crippen LogP contribution is 2.39. The molecule has 1 rings (SSSR count). The Morgan fingerprint density at radius 1 is 1.17 bits per heavy atom. The van der Waals surface area contributed by atoms with E-state index in [1.807, 2.05) is 0 Å². The molecule has 0 saturated carbocycles. The molecule has 0 bridgehead atoms. The number of hydrogen-bond acceptors (Lipinski definition) is 3. The van der Waals surface area contributed by atoms with E-state index in [0.29, 0.717) is 4.90 Å². The van der Waals surface area contributed by atoms with E-state index in [4.69, 9.17) is 5.73 Å². The van der Waals surface area contributed by atoms with Gasteiger partial charge in [-0.2, -0.15) is 13.2 Å². The second kappa shape index (κ2) is 4.67. The quantitative estimate of drug-likeness (QED) is 0.787. The number of alkyl halides is 3. The number of imide groups is 1. The molecule has 4 nitrogen and oxygen atoms in total. The summed E-state index contributed by atoms with van der Waals surface area (Å²) >= 11 is 0. The van der Waals surface area contributed by atoms with Crippen molar-refractivity contribution in [1.82, 2.24) is 0 Å². The van der Waals surface area contributed by atoms with Crippen LogP contribution in [0.1, 0.15) is 19.4 Å². The van der Waals surface area contributed by atoms with Crippen molar-refractivity contribution in [2.45, 2.75) is 20.0 Å². The summed E-state index contributed by atoms with van der Waals surface area (Å²) in [4.78, 5) is 23.0. The maximum Gasteiger partial charge on any atom is 0.418 e. The van der Waals surface area contributed by atoms with Crippen LogP contribution in [-0.4, -0.2) is 11.8 Å². The number of halogens is 3. The van der Waals surface area contributed by atoms with Crippen LogP contribution in [0.25, 0.3) is 0 Å². The molecule has 0 aliphatic heterocycles. The molecule has 0 atom stereocenters. The largest absolute Gasteiger partial charge is 0.418 e. The molecule has 0 aliphatic rings. The first-order chi connectivity index (χ1) is 8.16. The molecule has 98 valence electrons. The molecule has 0 spiro atoms. The normalized spacial score (nSPS) is 11.2. The van der Waals surface area contributed by atoms with Gasteiger partial charge in [-0.05, 0) is 12.1 Å². The van der Waals surface area contributed by atoms with Crippen LogP contribution in [0, 0.1) is 0 Å². The summed E-state index contributed by atoms with van der Waals surface area (Å²) in [5, 5.41) is 0. The Labute approximate surface area is 101 Å². The zero-order valence-corrected chi connectivity index (χ0v) is 9.71. The zero-order valence-electron chi connectivity index (χ0n) is 9.71. The predicted molar refractivity (Wildman–Crippen MR) is 59.7 cm³/mol. The fraction of sp³-hybridized carbons (Fsp3) is 0.273. The lowest BCUT2D eigenvalue weighted by atomic mass is 10.1. The number of anilines is 2. The number of para-hydroxylation sites is 1. The molecule has 0 aliphatic carbocycles. The molecule has 2 amide bonds. The van der Waals surface area contributed by atoms with E-state index in [0.717, 1.165) is 26.0 Å². The van der Waals surface area contributed by atoms with Crippen molar-refractivity contribution in [2.24, 2.45) is 0 Å². The lowest BCUT2D eigenvalue weighted by molar-refractivity contribution is -0.137. The highest BCUT2D eigenvalue weighted by atomic mass is 19.4. The third-order valence-electron chi connectivity index (χ3n) is 2.23. The van der Waals surface area contributed by atoms with Gasteiger partial charge in [-0.1, -0.05) is 6.07 Å². The molecule has 2 N–H and O–H groups in total. The molecule has 1 aromatic carbocycles. The minimum atomic E-state index is -4.70. The van der Waals surface area contributed by atoms with Crippen LogP contribution in [0.15, 0.2) is 18.2 Å². The van der Waals surface area contributed by atoms with Crippen LogP contribution in [0.5, 0.6) is 0 Å². The average molecular weight is 260 g/mol. The minimum absolute atomic E-state index is 0.282. The summed E-state index contributed by atoms with van der Waals surface area (Å²) in [6.45, 7) is 1.99. The zero-order chi connectivity index (χ0) is 14.1. The summed E-state index contributed by atoms with van der Waals surface area (Å²) in [7, 11) is 0. The van der Waals surface area contributed by atoms with Crippen molar-refractivity contribution >= 4 is 23.2 Å². The molecule has 1 aromatic rings. The van der Waals surface area contributed by atoms with E-state index < -0.39 is 29.2 Å². The first-order valence-corrected chi connectivity index (χ1v) is 4.93. The van der Waals surface area contributed by atoms with Crippen molar-refractivity contribution in [3.05, 3.63) is 23.8 Å². The van der Waals surface area contributed by atoms with E-state index in [-0.39, 0.29) is 5.69 Å². The number of benzene rings is 1. The molecule has 0 aromatic heterocycles. The second-order valence-corrected chi connectivity index (χ2v) is 3.61. The third-order valence-corrected chi connectivity index (χ3v) is 2.23. The van der Waals surface area contributed by atoms with Gasteiger partial charge in [0.1, 0.15) is 0 Å². The average Bonchev–Trinajstić information content (AvgIpc) is 2.17. The number of nitrogen functional groups attached to an aromatic ring is 1. The van der Waals surface area contributed by atoms with Gasteiger partial charge in [-0.3, -0.25) is 9.59 Å². The van der Waals surface area contributed by atoms with Crippen molar-refractivity contribution in [3.8, 4) is 0 Å². The maximum atomic E-state index is 12.8. The van der Waals surface area contributed by atoms with Crippen molar-refractivity contribution in [3.63, 3.8) is 0 Å². The maximum absolute atomic E-state index is 12.8. The fourth-order valence-corrected chi connectivity index (χ4v) is 1.58. The Morgan fingerprint density at radius 3 is 2.06 bits per heavy atom. The Kier molecular flexibility index (Phi) is 3.64. The molecule has 0 radical (unpaired) electrons. The number of hydrogen-bond donors (Lipinski definition) is 1. The molecule has 0 heterocycles. The van der Waals surface area contributed by atoms with Gasteiger partial charge in [-0.25, -0.2) is 4.90 Å². The summed E-state index contributed by atoms with van der Waals surface area (Å²) in [5.41, 5.74) is 3.43. The van der Waals surface area contributed by atoms with Gasteiger partial charge in [0.2, 0.25) is 11.8 Å². The monoisotopic (exact) mass is 260 g/mol. The Balaban J connectivity index is 3.56. The van der Waals surface area contributed by atoms with Crippen molar-refractivity contribution in [2.75, 3.05) is 10.6 Å². The summed E-state index contributed by atoms with van der Waals surface area (Å²) < 4.78 is 38.4. The van der Waals surface area contributed by atoms with Gasteiger partial charge in [0.15, 0.2) is 0 Å². The van der Waals surface area contributed by atoms with Gasteiger partial charge >= 0.3 is 6.18 Å². The smallest absolute Gasteiger partial charge is 0.397 e. The predicted octanol–water partition coefficient (Wildman–Crippen LogP) is 2.19. The summed E-state index contributed by atoms with van der Waals surface area (Å²) in [6, 6.07) is 3.08. The van der Waals surface area contributed by atoms with E-state index in [2.05, 4.69) is 0 Å². The second-order valence-electron chi connectivity index (χ2n) is 3.61. The van der Waals surface area contributed by atoms with Crippen LogP contribution in [0.2, 0.25) is 0 Å². The summed E-state index contributed by atoms with van der Waals surface area (Å²) in [5.74, 6) is -1.66. The van der Waals surface area contributed by atoms with Gasteiger partial charge < -0.3 is 5.73 Å². The number of rotatable bonds is 1. The molecule has 7 heteroatoms. The number of carbonyl (C=O) groups is 2. The molecule has 0 unspecified atom stereocenters. The first kappa shape index (κ1) is 14.0. The molecule has 0 fully saturated rings. The van der Waals surface area contributed by atoms with Crippen LogP contribution in [0.4, 0.5) is 24.5 Å². The van der Waals surface area contributed by atoms with Gasteiger partial charge in [0.25, 0.3) is 0 Å². The van der Waals surface area contributed by atoms with Crippen molar-refractivity contribution in [1.29, 1.82) is 0 Å². The highest BCUT2D eigenvalue weighted by Gasteiger charge is 2.37. The van der Waals surface area contributed by atoms with E-state index in [1.165, 1.54) is 6.07 Å². The van der Waals surface area contributed by atoms with E-state index in [9.17, 15) is 22.8 Å². The summed E-state index contributed by atoms with van der Waals surface area (Å²) in [6.07, 6.45) is -4.70. The van der Waals surface area contributed by atoms with Crippen LogP contribution >= 0.6 is 0 Å². The van der Waals surface area contributed by atoms with Gasteiger partial charge in [-0.15, -0.1) is 0 Å². The highest BCUT2D eigenvalue weighted by molar-refractivity contribution is 6.15. The lowest BCUT2D eigenvalue weighted by Crippen LogP contribution is -2.35. The van der Waals surface area contributed by atoms with Crippen LogP contribution in [-0.2, 0) is 15.8 Å². The Morgan fingerprint density at radius 2 is 1.67 bits per heavy atom. The number of carbonyl (C=O) groups excluding carboxylic acids is 2. The lowest BCUT2D eigenvalue weighted by Gasteiger charge is -2.23. The topological polar surface area (TPSA) is 63.4 Å². The Hall–Kier alpha value is -2.05. The number of nitrogens with zero attached hydrogens (tertiary/aromatic N) is 1. The standard InChI is InChI=1S/C11H11F3N2O2/c1-6(17)16(7(2)18)10-8(11(12,13)14)4-3-5-9(10)15/h3-5H,15H2,1-2H3. The van der Waals surface area contributed by atoms with E-state index in [1.54, 1.807) is 0 Å². The number of amides is 2. The van der Waals surface area contributed by atoms with Crippen LogP contribution in [0.3, 0.4) is 0 Å². The molecular weight excluding hydrogens is 249 g/mol. The van der Waals surface area contributed by atoms with E-state index >= 15 is 0 Å². The third kappa shape index (κ3) is 2.61. The molecule has 18 heavy (non-hydrogen) atoms. The van der Waals surface area contributed by atoms with Crippen LogP contribution < -0.4 is 10.6 Å². The fourth-order valence-electron chi connectivity index (χ4n) is 1.58. The first-order valence-electron chi connectivity index (χ1n) is 4.93. The molecule has 0 saturated heterocycles. The van der Waals surface area contributed by atoms with Crippen molar-refractivity contribution < 1.29 is 22.8 Å². The molecular formula is C11H11F3N2O2. The minimum Gasteiger partial charge on any atom is -0.397 e. The number of nitrogens with two attached hydrogens (primary N) is 1. The van der Waals surface area contributed by atoms with Gasteiger partial charge in [0, 0.05) is 13.8 Å². The SMILES string of the molecule is CC(=O)N(C(C)=O)c1c(N)cccc1C(F)(F)F. The Bertz CT molecular complexity index is 484.